The summed E-state index contributed by atoms with van der Waals surface area (Å²) in [5, 5.41) is 7.21. The van der Waals surface area contributed by atoms with Crippen LogP contribution in [-0.2, 0) is 0 Å². The van der Waals surface area contributed by atoms with Crippen LogP contribution in [0.4, 0.5) is 0 Å². The third-order valence-corrected chi connectivity index (χ3v) is 10.1. The van der Waals surface area contributed by atoms with Crippen LogP contribution >= 0.6 is 0 Å². The van der Waals surface area contributed by atoms with Crippen molar-refractivity contribution in [2.75, 3.05) is 0 Å². The van der Waals surface area contributed by atoms with E-state index >= 15 is 0 Å². The van der Waals surface area contributed by atoms with Crippen LogP contribution in [0.15, 0.2) is 164 Å². The van der Waals surface area contributed by atoms with Gasteiger partial charge < -0.3 is 8.80 Å². The third-order valence-electron chi connectivity index (χ3n) is 10.1. The van der Waals surface area contributed by atoms with E-state index in [0.29, 0.717) is 17.5 Å². The molecule has 232 valence electrons. The molecule has 0 saturated carbocycles. The summed E-state index contributed by atoms with van der Waals surface area (Å²) in [5.74, 6) is 1.93. The summed E-state index contributed by atoms with van der Waals surface area (Å²) >= 11 is 0. The third kappa shape index (κ3) is 3.74. The van der Waals surface area contributed by atoms with Crippen molar-refractivity contribution in [3.8, 4) is 34.2 Å². The first kappa shape index (κ1) is 27.1. The van der Waals surface area contributed by atoms with Crippen molar-refractivity contribution in [1.82, 2.24) is 23.8 Å². The molecule has 4 heterocycles. The Balaban J connectivity index is 1.38. The lowest BCUT2D eigenvalue weighted by Gasteiger charge is -2.12. The number of rotatable bonds is 3. The van der Waals surface area contributed by atoms with Crippen molar-refractivity contribution < 1.29 is 0 Å². The average Bonchev–Trinajstić information content (AvgIpc) is 3.71. The van der Waals surface area contributed by atoms with Gasteiger partial charge in [0.1, 0.15) is 0 Å². The summed E-state index contributed by atoms with van der Waals surface area (Å²) in [6.07, 6.45) is 0. The lowest BCUT2D eigenvalue weighted by atomic mass is 10.1. The first-order valence-corrected chi connectivity index (χ1v) is 16.9. The van der Waals surface area contributed by atoms with Gasteiger partial charge in [-0.3, -0.25) is 0 Å². The van der Waals surface area contributed by atoms with Gasteiger partial charge in [-0.2, -0.15) is 0 Å². The number of fused-ring (bicyclic) bond motifs is 10. The van der Waals surface area contributed by atoms with Gasteiger partial charge in [0.25, 0.3) is 0 Å². The zero-order valence-electron chi connectivity index (χ0n) is 26.8. The number of aromatic nitrogens is 5. The van der Waals surface area contributed by atoms with E-state index in [2.05, 4.69) is 136 Å². The Morgan fingerprint density at radius 2 is 0.700 bits per heavy atom. The van der Waals surface area contributed by atoms with Crippen molar-refractivity contribution in [3.05, 3.63) is 164 Å². The predicted molar refractivity (Wildman–Crippen MR) is 206 cm³/mol. The highest BCUT2D eigenvalue weighted by Gasteiger charge is 2.22. The second-order valence-corrected chi connectivity index (χ2v) is 12.8. The molecule has 0 amide bonds. The second kappa shape index (κ2) is 10.3. The molecule has 50 heavy (non-hydrogen) atoms. The van der Waals surface area contributed by atoms with Gasteiger partial charge in [0, 0.05) is 49.0 Å². The molecule has 0 aliphatic heterocycles. The first-order valence-electron chi connectivity index (χ1n) is 16.9. The standard InChI is InChI=1S/C45H27N5/c1-3-14-28(15-4-1)43-46-44(29-16-5-2-6-17-29)48-45(47-43)36-24-12-22-34-35-23-13-27-39-42(35)50(41(34)36)38-26-10-8-19-31(38)33-21-11-20-32-30-18-7-9-25-37(30)49(39)40(32)33/h1-27H. The average molecular weight is 638 g/mol. The number of benzene rings is 7. The molecule has 0 N–H and O–H groups in total. The molecular formula is C45H27N5. The van der Waals surface area contributed by atoms with Crippen LogP contribution in [0.5, 0.6) is 0 Å². The molecule has 7 aromatic carbocycles. The van der Waals surface area contributed by atoms with Gasteiger partial charge in [-0.15, -0.1) is 0 Å². The summed E-state index contributed by atoms with van der Waals surface area (Å²) in [4.78, 5) is 15.4. The van der Waals surface area contributed by atoms with Crippen molar-refractivity contribution >= 4 is 65.4 Å². The van der Waals surface area contributed by atoms with Crippen LogP contribution < -0.4 is 0 Å². The minimum Gasteiger partial charge on any atom is -0.306 e. The Labute approximate surface area is 286 Å². The smallest absolute Gasteiger partial charge is 0.166 e. The van der Waals surface area contributed by atoms with Crippen LogP contribution in [-0.4, -0.2) is 23.8 Å². The molecule has 11 aromatic rings. The van der Waals surface area contributed by atoms with Crippen LogP contribution in [0, 0.1) is 0 Å². The maximum atomic E-state index is 5.19. The van der Waals surface area contributed by atoms with Crippen LogP contribution in [0.1, 0.15) is 0 Å². The van der Waals surface area contributed by atoms with E-state index in [9.17, 15) is 0 Å². The van der Waals surface area contributed by atoms with E-state index in [0.717, 1.165) is 44.1 Å². The van der Waals surface area contributed by atoms with E-state index in [1.807, 2.05) is 36.4 Å². The highest BCUT2D eigenvalue weighted by molar-refractivity contribution is 6.24. The van der Waals surface area contributed by atoms with Gasteiger partial charge >= 0.3 is 0 Å². The molecule has 0 aliphatic carbocycles. The monoisotopic (exact) mass is 637 g/mol. The van der Waals surface area contributed by atoms with Crippen LogP contribution in [0.2, 0.25) is 0 Å². The van der Waals surface area contributed by atoms with Gasteiger partial charge in [0.15, 0.2) is 17.5 Å². The predicted octanol–water partition coefficient (Wildman–Crippen LogP) is 11.1. The summed E-state index contributed by atoms with van der Waals surface area (Å²) in [6.45, 7) is 0. The number of hydrogen-bond acceptors (Lipinski definition) is 3. The topological polar surface area (TPSA) is 47.5 Å². The molecule has 5 nitrogen and oxygen atoms in total. The Kier molecular flexibility index (Phi) is 5.60. The van der Waals surface area contributed by atoms with Gasteiger partial charge in [0.2, 0.25) is 0 Å². The lowest BCUT2D eigenvalue weighted by molar-refractivity contribution is 1.07. The highest BCUT2D eigenvalue weighted by Crippen LogP contribution is 2.42. The molecule has 0 aliphatic rings. The molecule has 4 aromatic heterocycles. The molecule has 0 atom stereocenters. The van der Waals surface area contributed by atoms with E-state index in [4.69, 9.17) is 15.0 Å². The Hall–Kier alpha value is -6.85. The Morgan fingerprint density at radius 3 is 1.32 bits per heavy atom. The fraction of sp³-hybridized carbons (Fsp3) is 0. The molecule has 11 rings (SSSR count). The maximum absolute atomic E-state index is 5.19. The van der Waals surface area contributed by atoms with E-state index in [-0.39, 0.29) is 0 Å². The summed E-state index contributed by atoms with van der Waals surface area (Å²) in [5.41, 5.74) is 9.75. The lowest BCUT2D eigenvalue weighted by Crippen LogP contribution is -2.01. The molecule has 0 fully saturated rings. The Morgan fingerprint density at radius 1 is 0.280 bits per heavy atom. The molecule has 0 unspecified atom stereocenters. The molecule has 5 heteroatoms. The summed E-state index contributed by atoms with van der Waals surface area (Å²) in [6, 6.07) is 57.8. The number of para-hydroxylation sites is 5. The van der Waals surface area contributed by atoms with Gasteiger partial charge in [-0.1, -0.05) is 140 Å². The normalized spacial score (nSPS) is 12.0. The number of nitrogens with zero attached hydrogens (tertiary/aromatic N) is 5. The fourth-order valence-corrected chi connectivity index (χ4v) is 8.01. The highest BCUT2D eigenvalue weighted by atomic mass is 15.0. The number of hydrogen-bond donors (Lipinski definition) is 0. The zero-order chi connectivity index (χ0) is 32.8. The van der Waals surface area contributed by atoms with Gasteiger partial charge in [-0.25, -0.2) is 15.0 Å². The summed E-state index contributed by atoms with van der Waals surface area (Å²) in [7, 11) is 0. The zero-order valence-corrected chi connectivity index (χ0v) is 26.8. The molecule has 0 radical (unpaired) electrons. The van der Waals surface area contributed by atoms with Crippen LogP contribution in [0.25, 0.3) is 99.6 Å². The first-order chi connectivity index (χ1) is 24.8. The quantitative estimate of drug-likeness (QED) is 0.194. The summed E-state index contributed by atoms with van der Waals surface area (Å²) < 4.78 is 4.92. The molecule has 0 bridgehead atoms. The van der Waals surface area contributed by atoms with Crippen LogP contribution in [0.3, 0.4) is 0 Å². The minimum atomic E-state index is 0.637. The van der Waals surface area contributed by atoms with Crippen molar-refractivity contribution in [2.45, 2.75) is 0 Å². The van der Waals surface area contributed by atoms with E-state index in [1.165, 1.54) is 38.0 Å². The van der Waals surface area contributed by atoms with Crippen molar-refractivity contribution in [3.63, 3.8) is 0 Å². The fourth-order valence-electron chi connectivity index (χ4n) is 8.01. The second-order valence-electron chi connectivity index (χ2n) is 12.8. The maximum Gasteiger partial charge on any atom is 0.166 e. The van der Waals surface area contributed by atoms with E-state index < -0.39 is 0 Å². The Bertz CT molecular complexity index is 3080. The SMILES string of the molecule is c1ccc(-c2nc(-c3ccccc3)nc(-c3cccc4c5cccc6c5n(c5ccccc5c5cccc7c8ccccc8n6c75)c34)n2)cc1. The van der Waals surface area contributed by atoms with Gasteiger partial charge in [0.05, 0.1) is 33.1 Å². The molecule has 0 saturated heterocycles. The molecule has 0 spiro atoms. The largest absolute Gasteiger partial charge is 0.306 e. The minimum absolute atomic E-state index is 0.637. The molecular weight excluding hydrogens is 611 g/mol. The van der Waals surface area contributed by atoms with Crippen molar-refractivity contribution in [2.24, 2.45) is 0 Å². The van der Waals surface area contributed by atoms with E-state index in [1.54, 1.807) is 0 Å². The van der Waals surface area contributed by atoms with Gasteiger partial charge in [-0.05, 0) is 24.3 Å². The van der Waals surface area contributed by atoms with Crippen molar-refractivity contribution in [1.29, 1.82) is 0 Å².